The van der Waals surface area contributed by atoms with Crippen LogP contribution in [0.25, 0.3) is 0 Å². The smallest absolute Gasteiger partial charge is 0.325 e. The molecular formula is C20H41NO3. The van der Waals surface area contributed by atoms with E-state index in [9.17, 15) is 9.90 Å². The Morgan fingerprint density at radius 1 is 0.833 bits per heavy atom. The largest absolute Gasteiger partial charge is 0.465 e. The third-order valence-corrected chi connectivity index (χ3v) is 4.58. The van der Waals surface area contributed by atoms with E-state index in [4.69, 9.17) is 10.5 Å². The molecule has 0 fully saturated rings. The molecule has 0 radical (unpaired) electrons. The van der Waals surface area contributed by atoms with E-state index in [1.165, 1.54) is 70.6 Å². The number of aliphatic hydroxyl groups excluding tert-OH is 1. The van der Waals surface area contributed by atoms with E-state index >= 15 is 0 Å². The molecule has 0 aliphatic rings. The number of rotatable bonds is 17. The standard InChI is InChI=1S/C20H41NO3/c1-3-5-6-7-8-9-10-11-12-13-14-15-16-17-18(22)19(21)20(23)24-4-2/h18-19,22H,3-17,21H2,1-2H3/t18-,19-/m0/s1. The summed E-state index contributed by atoms with van der Waals surface area (Å²) < 4.78 is 4.82. The van der Waals surface area contributed by atoms with Crippen molar-refractivity contribution in [2.75, 3.05) is 6.61 Å². The summed E-state index contributed by atoms with van der Waals surface area (Å²) in [5.74, 6) is -0.500. The zero-order chi connectivity index (χ0) is 18.0. The van der Waals surface area contributed by atoms with Crippen molar-refractivity contribution in [3.63, 3.8) is 0 Å². The number of hydrogen-bond acceptors (Lipinski definition) is 4. The van der Waals surface area contributed by atoms with Gasteiger partial charge >= 0.3 is 5.97 Å². The molecule has 4 nitrogen and oxygen atoms in total. The summed E-state index contributed by atoms with van der Waals surface area (Å²) in [6, 6.07) is -0.901. The second-order valence-corrected chi connectivity index (χ2v) is 6.88. The molecule has 144 valence electrons. The maximum Gasteiger partial charge on any atom is 0.325 e. The fourth-order valence-electron chi connectivity index (χ4n) is 2.95. The molecule has 0 aromatic rings. The van der Waals surface area contributed by atoms with Gasteiger partial charge in [0.1, 0.15) is 6.04 Å². The van der Waals surface area contributed by atoms with Gasteiger partial charge in [-0.3, -0.25) is 4.79 Å². The highest BCUT2D eigenvalue weighted by atomic mass is 16.5. The van der Waals surface area contributed by atoms with Crippen LogP contribution in [0.1, 0.15) is 104 Å². The van der Waals surface area contributed by atoms with Gasteiger partial charge in [-0.2, -0.15) is 0 Å². The first-order chi connectivity index (χ1) is 11.6. The third kappa shape index (κ3) is 13.8. The molecule has 0 aliphatic carbocycles. The number of unbranched alkanes of at least 4 members (excludes halogenated alkanes) is 12. The van der Waals surface area contributed by atoms with Gasteiger partial charge in [0.05, 0.1) is 12.7 Å². The van der Waals surface area contributed by atoms with Gasteiger partial charge in [-0.1, -0.05) is 90.4 Å². The van der Waals surface area contributed by atoms with Crippen LogP contribution in [0.2, 0.25) is 0 Å². The first kappa shape index (κ1) is 23.4. The van der Waals surface area contributed by atoms with Crippen LogP contribution in [0.3, 0.4) is 0 Å². The van der Waals surface area contributed by atoms with Crippen LogP contribution in [0.15, 0.2) is 0 Å². The lowest BCUT2D eigenvalue weighted by Gasteiger charge is -2.17. The lowest BCUT2D eigenvalue weighted by molar-refractivity contribution is -0.147. The Morgan fingerprint density at radius 2 is 1.25 bits per heavy atom. The van der Waals surface area contributed by atoms with Gasteiger partial charge in [-0.05, 0) is 13.3 Å². The second-order valence-electron chi connectivity index (χ2n) is 6.88. The number of carbonyl (C=O) groups excluding carboxylic acids is 1. The summed E-state index contributed by atoms with van der Waals surface area (Å²) >= 11 is 0. The highest BCUT2D eigenvalue weighted by Crippen LogP contribution is 2.14. The molecule has 0 bridgehead atoms. The lowest BCUT2D eigenvalue weighted by atomic mass is 10.0. The lowest BCUT2D eigenvalue weighted by Crippen LogP contribution is -2.43. The molecular weight excluding hydrogens is 302 g/mol. The number of nitrogens with two attached hydrogens (primary N) is 1. The molecule has 3 N–H and O–H groups in total. The summed E-state index contributed by atoms with van der Waals surface area (Å²) in [6.45, 7) is 4.30. The van der Waals surface area contributed by atoms with E-state index in [-0.39, 0.29) is 0 Å². The summed E-state index contributed by atoms with van der Waals surface area (Å²) in [5.41, 5.74) is 5.67. The molecule has 0 saturated carbocycles. The molecule has 0 aliphatic heterocycles. The second kappa shape index (κ2) is 17.2. The molecule has 0 heterocycles. The van der Waals surface area contributed by atoms with E-state index in [2.05, 4.69) is 6.92 Å². The Balaban J connectivity index is 3.31. The molecule has 0 saturated heterocycles. The quantitative estimate of drug-likeness (QED) is 0.296. The van der Waals surface area contributed by atoms with Gasteiger partial charge < -0.3 is 15.6 Å². The van der Waals surface area contributed by atoms with Crippen LogP contribution in [0.4, 0.5) is 0 Å². The third-order valence-electron chi connectivity index (χ3n) is 4.58. The topological polar surface area (TPSA) is 72.5 Å². The number of aliphatic hydroxyl groups is 1. The van der Waals surface area contributed by atoms with Crippen molar-refractivity contribution in [2.45, 2.75) is 116 Å². The van der Waals surface area contributed by atoms with Crippen LogP contribution in [-0.4, -0.2) is 29.8 Å². The van der Waals surface area contributed by atoms with Gasteiger partial charge in [0.15, 0.2) is 0 Å². The Morgan fingerprint density at radius 3 is 1.67 bits per heavy atom. The molecule has 24 heavy (non-hydrogen) atoms. The van der Waals surface area contributed by atoms with Gasteiger partial charge in [-0.25, -0.2) is 0 Å². The zero-order valence-electron chi connectivity index (χ0n) is 16.1. The number of carbonyl (C=O) groups is 1. The predicted molar refractivity (Wildman–Crippen MR) is 101 cm³/mol. The van der Waals surface area contributed by atoms with Crippen LogP contribution in [0, 0.1) is 0 Å². The maximum absolute atomic E-state index is 11.4. The highest BCUT2D eigenvalue weighted by Gasteiger charge is 2.23. The van der Waals surface area contributed by atoms with Crippen molar-refractivity contribution in [3.05, 3.63) is 0 Å². The summed E-state index contributed by atoms with van der Waals surface area (Å²) in [4.78, 5) is 11.4. The van der Waals surface area contributed by atoms with Gasteiger partial charge in [0.25, 0.3) is 0 Å². The minimum atomic E-state index is -0.901. The molecule has 4 heteroatoms. The normalized spacial score (nSPS) is 13.7. The van der Waals surface area contributed by atoms with E-state index in [0.29, 0.717) is 13.0 Å². The summed E-state index contributed by atoms with van der Waals surface area (Å²) in [7, 11) is 0. The SMILES string of the molecule is CCCCCCCCCCCCCCC[C@H](O)[C@H](N)C(=O)OCC. The van der Waals surface area contributed by atoms with Crippen LogP contribution < -0.4 is 5.73 Å². The Kier molecular flexibility index (Phi) is 16.8. The Hall–Kier alpha value is -0.610. The van der Waals surface area contributed by atoms with E-state index in [1.807, 2.05) is 0 Å². The molecule has 0 unspecified atom stereocenters. The van der Waals surface area contributed by atoms with Gasteiger partial charge in [0.2, 0.25) is 0 Å². The number of hydrogen-bond donors (Lipinski definition) is 2. The number of esters is 1. The highest BCUT2D eigenvalue weighted by molar-refractivity contribution is 5.76. The summed E-state index contributed by atoms with van der Waals surface area (Å²) in [5, 5.41) is 9.87. The molecule has 0 rings (SSSR count). The molecule has 0 aromatic carbocycles. The van der Waals surface area contributed by atoms with E-state index in [1.54, 1.807) is 6.92 Å². The minimum absolute atomic E-state index is 0.304. The molecule has 0 spiro atoms. The van der Waals surface area contributed by atoms with Gasteiger partial charge in [0, 0.05) is 0 Å². The van der Waals surface area contributed by atoms with Crippen molar-refractivity contribution >= 4 is 5.97 Å². The fourth-order valence-corrected chi connectivity index (χ4v) is 2.95. The maximum atomic E-state index is 11.4. The first-order valence-electron chi connectivity index (χ1n) is 10.2. The fraction of sp³-hybridized carbons (Fsp3) is 0.950. The van der Waals surface area contributed by atoms with E-state index in [0.717, 1.165) is 12.8 Å². The van der Waals surface area contributed by atoms with Crippen molar-refractivity contribution in [1.82, 2.24) is 0 Å². The van der Waals surface area contributed by atoms with E-state index < -0.39 is 18.1 Å². The molecule has 0 aromatic heterocycles. The summed E-state index contributed by atoms with van der Waals surface area (Å²) in [6.07, 6.45) is 16.7. The molecule has 2 atom stereocenters. The minimum Gasteiger partial charge on any atom is -0.465 e. The van der Waals surface area contributed by atoms with Gasteiger partial charge in [-0.15, -0.1) is 0 Å². The average Bonchev–Trinajstić information content (AvgIpc) is 2.58. The Bertz CT molecular complexity index is 284. The van der Waals surface area contributed by atoms with Crippen molar-refractivity contribution in [3.8, 4) is 0 Å². The van der Waals surface area contributed by atoms with Crippen LogP contribution >= 0.6 is 0 Å². The predicted octanol–water partition coefficient (Wildman–Crippen LogP) is 4.72. The number of ether oxygens (including phenoxy) is 1. The average molecular weight is 344 g/mol. The Labute approximate surface area is 149 Å². The van der Waals surface area contributed by atoms with Crippen molar-refractivity contribution in [2.24, 2.45) is 5.73 Å². The first-order valence-corrected chi connectivity index (χ1v) is 10.2. The van der Waals surface area contributed by atoms with Crippen molar-refractivity contribution < 1.29 is 14.6 Å². The van der Waals surface area contributed by atoms with Crippen molar-refractivity contribution in [1.29, 1.82) is 0 Å². The zero-order valence-corrected chi connectivity index (χ0v) is 16.1. The van der Waals surface area contributed by atoms with Crippen LogP contribution in [-0.2, 0) is 9.53 Å². The monoisotopic (exact) mass is 343 g/mol. The van der Waals surface area contributed by atoms with Crippen LogP contribution in [0.5, 0.6) is 0 Å². The molecule has 0 amide bonds.